The van der Waals surface area contributed by atoms with Crippen molar-refractivity contribution in [2.45, 2.75) is 39.7 Å². The van der Waals surface area contributed by atoms with Crippen LogP contribution in [0.3, 0.4) is 0 Å². The van der Waals surface area contributed by atoms with Gasteiger partial charge in [0.15, 0.2) is 5.96 Å². The molecule has 0 bridgehead atoms. The summed E-state index contributed by atoms with van der Waals surface area (Å²) in [5.41, 5.74) is 0.686. The fourth-order valence-corrected chi connectivity index (χ4v) is 3.41. The largest absolute Gasteiger partial charge is 0.377 e. The molecule has 1 saturated heterocycles. The number of hydrogen-bond acceptors (Lipinski definition) is 4. The third-order valence-electron chi connectivity index (χ3n) is 4.68. The highest BCUT2D eigenvalue weighted by atomic mass is 127. The molecule has 1 aliphatic rings. The standard InChI is InChI=1S/C20H33N5O2.HI/c1-20(2,3)17-15(8-6-12-27-17)14-25-19(21-4)24-11-10-23-18(26)16-7-5-9-22-13-16;/h5,7,9,13,15,17H,6,8,10-12,14H2,1-4H3,(H,23,26)(H2,21,24,25);1H. The molecule has 3 N–H and O–H groups in total. The van der Waals surface area contributed by atoms with Crippen LogP contribution in [-0.4, -0.2) is 56.2 Å². The highest BCUT2D eigenvalue weighted by Gasteiger charge is 2.35. The normalized spacial score (nSPS) is 20.1. The van der Waals surface area contributed by atoms with Gasteiger partial charge in [-0.15, -0.1) is 24.0 Å². The van der Waals surface area contributed by atoms with Crippen molar-refractivity contribution in [1.82, 2.24) is 20.9 Å². The van der Waals surface area contributed by atoms with Gasteiger partial charge in [-0.25, -0.2) is 0 Å². The van der Waals surface area contributed by atoms with Crippen molar-refractivity contribution >= 4 is 35.8 Å². The first kappa shape index (κ1) is 24.6. The van der Waals surface area contributed by atoms with Gasteiger partial charge in [0.05, 0.1) is 11.7 Å². The lowest BCUT2D eigenvalue weighted by Crippen LogP contribution is -2.48. The van der Waals surface area contributed by atoms with E-state index in [1.165, 1.54) is 0 Å². The summed E-state index contributed by atoms with van der Waals surface area (Å²) in [6.45, 7) is 9.46. The highest BCUT2D eigenvalue weighted by Crippen LogP contribution is 2.33. The van der Waals surface area contributed by atoms with Crippen LogP contribution >= 0.6 is 24.0 Å². The van der Waals surface area contributed by atoms with Crippen LogP contribution in [0.5, 0.6) is 0 Å². The smallest absolute Gasteiger partial charge is 0.252 e. The number of halogens is 1. The average Bonchev–Trinajstić information content (AvgIpc) is 2.67. The predicted molar refractivity (Wildman–Crippen MR) is 123 cm³/mol. The van der Waals surface area contributed by atoms with E-state index in [2.05, 4.69) is 46.7 Å². The van der Waals surface area contributed by atoms with Gasteiger partial charge < -0.3 is 20.7 Å². The van der Waals surface area contributed by atoms with Crippen LogP contribution in [0, 0.1) is 11.3 Å². The van der Waals surface area contributed by atoms with Gasteiger partial charge in [-0.2, -0.15) is 0 Å². The first-order valence-corrected chi connectivity index (χ1v) is 9.66. The molecule has 1 aromatic rings. The Bertz CT molecular complexity index is 619. The Morgan fingerprint density at radius 3 is 2.68 bits per heavy atom. The molecule has 1 aromatic heterocycles. The molecule has 2 heterocycles. The molecule has 1 fully saturated rings. The number of aliphatic imine (C=N–C) groups is 1. The second-order valence-electron chi connectivity index (χ2n) is 7.94. The maximum Gasteiger partial charge on any atom is 0.252 e. The van der Waals surface area contributed by atoms with E-state index >= 15 is 0 Å². The summed E-state index contributed by atoms with van der Waals surface area (Å²) in [5.74, 6) is 1.08. The third kappa shape index (κ3) is 7.90. The van der Waals surface area contributed by atoms with Gasteiger partial charge in [-0.1, -0.05) is 20.8 Å². The highest BCUT2D eigenvalue weighted by molar-refractivity contribution is 14.0. The summed E-state index contributed by atoms with van der Waals surface area (Å²) in [7, 11) is 1.75. The van der Waals surface area contributed by atoms with E-state index < -0.39 is 0 Å². The number of hydrogen-bond donors (Lipinski definition) is 3. The Morgan fingerprint density at radius 2 is 2.04 bits per heavy atom. The molecule has 1 aliphatic heterocycles. The van der Waals surface area contributed by atoms with Gasteiger partial charge in [0.1, 0.15) is 0 Å². The number of nitrogens with one attached hydrogen (secondary N) is 3. The molecule has 28 heavy (non-hydrogen) atoms. The zero-order chi connectivity index (χ0) is 19.7. The SMILES string of the molecule is CN=C(NCCNC(=O)c1cccnc1)NCC1CCCOC1C(C)(C)C.I. The summed E-state index contributed by atoms with van der Waals surface area (Å²) < 4.78 is 6.03. The number of amides is 1. The summed E-state index contributed by atoms with van der Waals surface area (Å²) in [6.07, 6.45) is 5.71. The van der Waals surface area contributed by atoms with Gasteiger partial charge in [-0.3, -0.25) is 14.8 Å². The number of pyridine rings is 1. The second-order valence-corrected chi connectivity index (χ2v) is 7.94. The summed E-state index contributed by atoms with van der Waals surface area (Å²) in [4.78, 5) is 20.2. The van der Waals surface area contributed by atoms with Crippen molar-refractivity contribution in [3.63, 3.8) is 0 Å². The van der Waals surface area contributed by atoms with E-state index in [0.29, 0.717) is 24.6 Å². The fraction of sp³-hybridized carbons (Fsp3) is 0.650. The summed E-state index contributed by atoms with van der Waals surface area (Å²) >= 11 is 0. The van der Waals surface area contributed by atoms with Crippen LogP contribution in [0.25, 0.3) is 0 Å². The summed E-state index contributed by atoms with van der Waals surface area (Å²) in [5, 5.41) is 9.50. The maximum absolute atomic E-state index is 12.0. The lowest BCUT2D eigenvalue weighted by molar-refractivity contribution is -0.0835. The minimum Gasteiger partial charge on any atom is -0.377 e. The van der Waals surface area contributed by atoms with Crippen LogP contribution in [-0.2, 0) is 4.74 Å². The molecule has 7 nitrogen and oxygen atoms in total. The molecule has 8 heteroatoms. The monoisotopic (exact) mass is 503 g/mol. The van der Waals surface area contributed by atoms with E-state index in [4.69, 9.17) is 4.74 Å². The van der Waals surface area contributed by atoms with Crippen LogP contribution < -0.4 is 16.0 Å². The van der Waals surface area contributed by atoms with Crippen LogP contribution in [0.4, 0.5) is 0 Å². The minimum absolute atomic E-state index is 0. The van der Waals surface area contributed by atoms with Crippen LogP contribution in [0.2, 0.25) is 0 Å². The van der Waals surface area contributed by atoms with Crippen molar-refractivity contribution in [3.8, 4) is 0 Å². The van der Waals surface area contributed by atoms with E-state index in [1.807, 2.05) is 0 Å². The summed E-state index contributed by atoms with van der Waals surface area (Å²) in [6, 6.07) is 3.49. The van der Waals surface area contributed by atoms with E-state index in [-0.39, 0.29) is 41.4 Å². The topological polar surface area (TPSA) is 87.6 Å². The van der Waals surface area contributed by atoms with Gasteiger partial charge in [-0.05, 0) is 30.4 Å². The van der Waals surface area contributed by atoms with Gasteiger partial charge in [0, 0.05) is 51.6 Å². The Kier molecular flexibility index (Phi) is 10.7. The van der Waals surface area contributed by atoms with Gasteiger partial charge in [0.2, 0.25) is 0 Å². The molecule has 2 rings (SSSR count). The first-order valence-electron chi connectivity index (χ1n) is 9.66. The minimum atomic E-state index is -0.125. The van der Waals surface area contributed by atoms with Crippen molar-refractivity contribution in [1.29, 1.82) is 0 Å². The fourth-order valence-electron chi connectivity index (χ4n) is 3.41. The van der Waals surface area contributed by atoms with Crippen molar-refractivity contribution in [3.05, 3.63) is 30.1 Å². The molecule has 158 valence electrons. The first-order chi connectivity index (χ1) is 12.9. The number of nitrogens with zero attached hydrogens (tertiary/aromatic N) is 2. The predicted octanol–water partition coefficient (Wildman–Crippen LogP) is 2.44. The average molecular weight is 503 g/mol. The zero-order valence-electron chi connectivity index (χ0n) is 17.3. The number of carbonyl (C=O) groups excluding carboxylic acids is 1. The van der Waals surface area contributed by atoms with E-state index in [1.54, 1.807) is 31.6 Å². The number of rotatable bonds is 6. The number of aromatic nitrogens is 1. The molecular weight excluding hydrogens is 469 g/mol. The number of ether oxygens (including phenoxy) is 1. The van der Waals surface area contributed by atoms with Crippen LogP contribution in [0.1, 0.15) is 44.0 Å². The van der Waals surface area contributed by atoms with Crippen molar-refractivity contribution in [2.24, 2.45) is 16.3 Å². The van der Waals surface area contributed by atoms with Crippen LogP contribution in [0.15, 0.2) is 29.5 Å². The maximum atomic E-state index is 12.0. The van der Waals surface area contributed by atoms with E-state index in [9.17, 15) is 4.79 Å². The molecule has 0 spiro atoms. The second kappa shape index (κ2) is 12.2. The molecule has 2 atom stereocenters. The molecule has 0 aliphatic carbocycles. The quantitative estimate of drug-likeness (QED) is 0.240. The van der Waals surface area contributed by atoms with E-state index in [0.717, 1.165) is 32.0 Å². The van der Waals surface area contributed by atoms with Gasteiger partial charge >= 0.3 is 0 Å². The molecule has 1 amide bonds. The Balaban J connectivity index is 0.00000392. The molecule has 0 saturated carbocycles. The van der Waals surface area contributed by atoms with Gasteiger partial charge in [0.25, 0.3) is 5.91 Å². The molecular formula is C20H34IN5O2. The lowest BCUT2D eigenvalue weighted by Gasteiger charge is -2.40. The third-order valence-corrected chi connectivity index (χ3v) is 4.68. The number of carbonyl (C=O) groups is 1. The van der Waals surface area contributed by atoms with Crippen molar-refractivity contribution in [2.75, 3.05) is 33.3 Å². The Labute approximate surface area is 185 Å². The molecule has 2 unspecified atom stereocenters. The Morgan fingerprint density at radius 1 is 1.29 bits per heavy atom. The zero-order valence-corrected chi connectivity index (χ0v) is 19.7. The Hall–Kier alpha value is -1.42. The molecule has 0 aromatic carbocycles. The molecule has 0 radical (unpaired) electrons. The lowest BCUT2D eigenvalue weighted by atomic mass is 9.78. The number of guanidine groups is 1. The van der Waals surface area contributed by atoms with Crippen molar-refractivity contribution < 1.29 is 9.53 Å².